The molecule has 0 unspecified atom stereocenters. The first-order chi connectivity index (χ1) is 18.5. The average Bonchev–Trinajstić information content (AvgIpc) is 3.44. The van der Waals surface area contributed by atoms with Crippen molar-refractivity contribution in [3.05, 3.63) is 105 Å². The second-order valence-electron chi connectivity index (χ2n) is 15.0. The molecule has 0 spiro atoms. The Morgan fingerprint density at radius 1 is 0.690 bits per heavy atom. The van der Waals surface area contributed by atoms with Crippen molar-refractivity contribution >= 4 is 20.0 Å². The van der Waals surface area contributed by atoms with Crippen LogP contribution in [-0.2, 0) is 40.6 Å². The van der Waals surface area contributed by atoms with Crippen LogP contribution in [0.15, 0.2) is 60.7 Å². The van der Waals surface area contributed by atoms with E-state index in [0.29, 0.717) is 0 Å². The molecule has 0 bridgehead atoms. The molecule has 0 aromatic heterocycles. The molecule has 42 heavy (non-hydrogen) atoms. The van der Waals surface area contributed by atoms with Gasteiger partial charge in [0.2, 0.25) is 0 Å². The number of benzene rings is 3. The Morgan fingerprint density at radius 3 is 1.90 bits per heavy atom. The summed E-state index contributed by atoms with van der Waals surface area (Å²) in [4.78, 5) is 0. The Labute approximate surface area is 281 Å². The molecule has 0 radical (unpaired) electrons. The number of hydrogen-bond donors (Lipinski definition) is 0. The third kappa shape index (κ3) is 6.00. The largest absolute Gasteiger partial charge is 1.00 e. The van der Waals surface area contributed by atoms with Crippen molar-refractivity contribution in [2.75, 3.05) is 0 Å². The Hall–Kier alpha value is -1.67. The first-order valence-corrected chi connectivity index (χ1v) is 16.6. The van der Waals surface area contributed by atoms with Gasteiger partial charge in [-0.05, 0) is 0 Å². The molecule has 0 atom stereocenters. The predicted octanol–water partition coefficient (Wildman–Crippen LogP) is 3.33. The summed E-state index contributed by atoms with van der Waals surface area (Å²) in [6.07, 6.45) is 5.78. The van der Waals surface area contributed by atoms with Gasteiger partial charge in [0.15, 0.2) is 0 Å². The molecule has 2 aliphatic carbocycles. The van der Waals surface area contributed by atoms with Crippen LogP contribution in [-0.4, -0.2) is 0 Å². The fourth-order valence-electron chi connectivity index (χ4n) is 6.58. The zero-order valence-corrected chi connectivity index (χ0v) is 32.3. The summed E-state index contributed by atoms with van der Waals surface area (Å²) in [5, 5.41) is 2.93. The second-order valence-corrected chi connectivity index (χ2v) is 16.8. The van der Waals surface area contributed by atoms with Crippen LogP contribution in [0.3, 0.4) is 0 Å². The minimum atomic E-state index is 0. The summed E-state index contributed by atoms with van der Waals surface area (Å²) >= 11 is 1.01. The van der Waals surface area contributed by atoms with Crippen LogP contribution < -0.4 is 35.3 Å². The Morgan fingerprint density at radius 2 is 1.33 bits per heavy atom. The third-order valence-corrected chi connectivity index (χ3v) is 10.4. The first-order valence-electron chi connectivity index (χ1n) is 14.8. The monoisotopic (exact) mass is 763 g/mol. The van der Waals surface area contributed by atoms with Crippen LogP contribution in [0.1, 0.15) is 116 Å². The molecule has 5 rings (SSSR count). The van der Waals surface area contributed by atoms with Gasteiger partial charge in [0.25, 0.3) is 0 Å². The van der Waals surface area contributed by atoms with E-state index >= 15 is 0 Å². The van der Waals surface area contributed by atoms with Crippen molar-refractivity contribution in [1.82, 2.24) is 0 Å². The maximum atomic E-state index is 2.53. The quantitative estimate of drug-likeness (QED) is 0.352. The molecule has 0 amide bonds. The van der Waals surface area contributed by atoms with Crippen LogP contribution >= 0.6 is 0 Å². The number of allylic oxidation sites excluding steroid dienone is 4. The normalized spacial score (nSPS) is 14.5. The van der Waals surface area contributed by atoms with E-state index in [0.717, 1.165) is 30.8 Å². The average molecular weight is 763 g/mol. The van der Waals surface area contributed by atoms with E-state index in [9.17, 15) is 0 Å². The topological polar surface area (TPSA) is 0 Å². The van der Waals surface area contributed by atoms with Gasteiger partial charge >= 0.3 is 259 Å². The maximum absolute atomic E-state index is 2.53. The predicted molar refractivity (Wildman–Crippen MR) is 172 cm³/mol. The Kier molecular flexibility index (Phi) is 9.97. The van der Waals surface area contributed by atoms with Gasteiger partial charge < -0.3 is 24.8 Å². The van der Waals surface area contributed by atoms with Crippen LogP contribution in [0.4, 0.5) is 0 Å². The van der Waals surface area contributed by atoms with E-state index in [2.05, 4.69) is 137 Å². The Balaban J connectivity index is 0.00000242. The molecule has 3 aromatic carbocycles. The molecule has 0 fully saturated rings. The fourth-order valence-corrected chi connectivity index (χ4v) is 8.26. The molecule has 2 aliphatic rings. The minimum Gasteiger partial charge on any atom is -1.00 e. The Bertz CT molecular complexity index is 1720. The van der Waals surface area contributed by atoms with Gasteiger partial charge in [-0.25, -0.2) is 0 Å². The molecule has 3 aromatic rings. The molecular weight excluding hydrogens is 718 g/mol. The molecular formula is C39H45Cl2Hf. The summed E-state index contributed by atoms with van der Waals surface area (Å²) in [6, 6.07) is 18.9. The van der Waals surface area contributed by atoms with Gasteiger partial charge in [-0.1, -0.05) is 0 Å². The fraction of sp³-hybridized carbons (Fsp3) is 0.385. The molecule has 219 valence electrons. The van der Waals surface area contributed by atoms with Gasteiger partial charge in [-0.3, -0.25) is 0 Å². The zero-order valence-electron chi connectivity index (χ0n) is 27.2. The third-order valence-electron chi connectivity index (χ3n) is 8.57. The van der Waals surface area contributed by atoms with Crippen molar-refractivity contribution < 1.29 is 49.2 Å². The van der Waals surface area contributed by atoms with Crippen molar-refractivity contribution in [2.24, 2.45) is 0 Å². The summed E-state index contributed by atoms with van der Waals surface area (Å²) in [5.41, 5.74) is 16.1. The summed E-state index contributed by atoms with van der Waals surface area (Å²) in [7, 11) is 0. The van der Waals surface area contributed by atoms with Gasteiger partial charge in [-0.15, -0.1) is 0 Å². The van der Waals surface area contributed by atoms with E-state index in [4.69, 9.17) is 0 Å². The van der Waals surface area contributed by atoms with Crippen LogP contribution in [0.5, 0.6) is 0 Å². The van der Waals surface area contributed by atoms with Gasteiger partial charge in [0.05, 0.1) is 0 Å². The van der Waals surface area contributed by atoms with Crippen molar-refractivity contribution in [3.63, 3.8) is 0 Å². The molecule has 0 nitrogen and oxygen atoms in total. The smallest absolute Gasteiger partial charge is 1.00 e. The van der Waals surface area contributed by atoms with E-state index in [1.807, 2.05) is 0 Å². The minimum absolute atomic E-state index is 0. The number of hydrogen-bond acceptors (Lipinski definition) is 0. The van der Waals surface area contributed by atoms with Crippen molar-refractivity contribution in [1.29, 1.82) is 0 Å². The van der Waals surface area contributed by atoms with E-state index in [-0.39, 0.29) is 41.1 Å². The van der Waals surface area contributed by atoms with Crippen LogP contribution in [0.2, 0.25) is 0 Å². The van der Waals surface area contributed by atoms with E-state index in [1.54, 1.807) is 3.33 Å². The van der Waals surface area contributed by atoms with Gasteiger partial charge in [0, 0.05) is 0 Å². The molecule has 0 saturated carbocycles. The standard InChI is InChI=1S/C39H45.2ClH.Hf/c1-24(2)31-23-32-27-20-19-26(37(3,4)5)21-25(27)22-33(32)35(36(31)39(9,10)11)30-17-14-16-28(30)29-15-12-13-18-34(29)38(6,7)8;;;/h12-16,18-21,23H,17H2,1-11H3;2*1H;/q;;;+2/p-2. The number of halogens is 2. The number of fused-ring (bicyclic) bond motifs is 3. The summed E-state index contributed by atoms with van der Waals surface area (Å²) in [5.74, 6) is 0. The van der Waals surface area contributed by atoms with E-state index < -0.39 is 0 Å². The van der Waals surface area contributed by atoms with Gasteiger partial charge in [-0.2, -0.15) is 0 Å². The van der Waals surface area contributed by atoms with Crippen molar-refractivity contribution in [3.8, 4) is 11.1 Å². The van der Waals surface area contributed by atoms with Crippen LogP contribution in [0, 0.1) is 0 Å². The zero-order chi connectivity index (χ0) is 29.4. The van der Waals surface area contributed by atoms with Crippen molar-refractivity contribution in [2.45, 2.75) is 98.8 Å². The molecule has 0 heterocycles. The molecule has 0 N–H and O–H groups in total. The van der Waals surface area contributed by atoms with E-state index in [1.165, 1.54) is 71.7 Å². The van der Waals surface area contributed by atoms with Gasteiger partial charge in [0.1, 0.15) is 0 Å². The molecule has 0 aliphatic heterocycles. The van der Waals surface area contributed by atoms with Crippen LogP contribution in [0.25, 0.3) is 31.2 Å². The molecule has 0 saturated heterocycles. The maximum Gasteiger partial charge on any atom is -1.00 e. The second kappa shape index (κ2) is 12.0. The summed E-state index contributed by atoms with van der Waals surface area (Å²) in [6.45, 7) is 25.8. The summed E-state index contributed by atoms with van der Waals surface area (Å²) < 4.78 is 1.56. The first kappa shape index (κ1) is 34.8. The SMILES string of the molecule is CC(C)=c1cc2c(c(C3=C(c4ccccc4C(C)(C)C)C=CC3)c1C(C)(C)C)=[C]([Hf+2])c1cc(C(C)(C)C)ccc1-2.[Cl-].[Cl-]. The molecule has 3 heteroatoms. The number of rotatable bonds is 2.